The number of hydrogen-bond donors (Lipinski definition) is 34. The molecule has 56 heteroatoms. The molecule has 0 unspecified atom stereocenters. The predicted molar refractivity (Wildman–Crippen MR) is 395 cm³/mol. The van der Waals surface area contributed by atoms with Gasteiger partial charge in [0.2, 0.25) is 17.7 Å². The van der Waals surface area contributed by atoms with Gasteiger partial charge >= 0.3 is 0 Å². The van der Waals surface area contributed by atoms with Crippen molar-refractivity contribution >= 4 is 17.7 Å². The van der Waals surface area contributed by atoms with E-state index in [4.69, 9.17) is 90.0 Å². The average Bonchev–Trinajstić information content (AvgIpc) is 0.912. The van der Waals surface area contributed by atoms with E-state index in [9.17, 15) is 173 Å². The number of amides is 3. The molecule has 740 valence electrons. The Morgan fingerprint density at radius 3 is 0.938 bits per heavy atom. The van der Waals surface area contributed by atoms with Crippen molar-refractivity contribution in [2.75, 3.05) is 66.0 Å². The Balaban J connectivity index is 0.782. The van der Waals surface area contributed by atoms with Crippen LogP contribution in [0, 0.1) is 0 Å². The third-order valence-corrected chi connectivity index (χ3v) is 24.1. The zero-order valence-electron chi connectivity index (χ0n) is 67.8. The van der Waals surface area contributed by atoms with Crippen LogP contribution < -0.4 is 16.0 Å². The SMILES string of the molecule is O=C(CCC(=O)N[C@@H](Cc1ccc(O)cc1)C(=O)N[C@@H]1O[C@H](CO[C@H]2O[C@H](CO)[C@@H](O)[C@H](O)[C@@H]2O)[C@@H](O)[C@H](O[C@H]2O[C@H](CO)[C@@H](O)[C@H](O)[C@@H]2O)[C@@H]1O)NC[C@H]1O[C@@H]2O[C@H]3[C@H](O)[C@@H](O)[C@@H](O[C@H]4[C@@H](O)[C@@H](O)[C@@H](O[C@H]5[C@H](O)[C@@H](O)[C@@H](O[C@H]6[C@H](O)[C@@H](O)[C@@H](O[C@H]7[C@H](O)[C@@H](O)[C@@H](O[C@H]8[C@H](O)[C@@H](O)[C@@H](O[C@H]1[C@H](O)[C@H]2O)O[C@@H]8CO)O[C@@H]7CO)O[C@@H]6CO)O[C@@H]5CO)O[C@@H]4CO)O[C@@H]3CO. The molecular weight excluding hydrogens is 1770 g/mol. The van der Waals surface area contributed by atoms with Crippen LogP contribution in [-0.2, 0) is 111 Å². The molecule has 1 aromatic carbocycles. The standard InChI is InChI=1S/C73H115N3O53/c77-9-22-33(88)36(91)45(100)65(114-22)111-17-30-35(90)62(129-66-46(101)37(92)34(89)23(10-78)115-66)54(109)64(112-30)76-63(110)20(7-18-1-3-19(85)4-2-18)75-32(87)6-5-31(86)74-8-21-55-38(93)47(102)67(113-21)123-56-24(11-79)117-69(49(104)40(56)95)125-58-26(13-81)119-71(51(106)42(58)97)127-60-28(15-83)121-73(53(108)44(60)99)128-61-29(16-84)120-72(52(107)43(61)98)126-59-27(14-82)118-70(50(105)41(59)96)124-57-25(12-80)116-68(122-55)48(103)39(57)94/h1-4,20-30,33-62,64-73,77-85,88-109H,5-17H2,(H,74,86)(H,75,87)(H,76,110)/t20-,21+,22+,23+,24+,25+,26+,27+,28+,29+,30+,33+,34+,35+,36-,37-,38+,39+,40+,41+,42-,43+,44+,45-,46-,47+,48+,49+,50+,51+,52+,53+,54-,55+,56+,57+,58+,59+,60+,61+,62-,64+,65-,66+,67+,68+,69+,70+,71+,72+,73+/m0/s1. The first-order valence-electron chi connectivity index (χ1n) is 41.2. The van der Waals surface area contributed by atoms with E-state index in [-0.39, 0.29) is 11.3 Å². The fourth-order valence-corrected chi connectivity index (χ4v) is 16.6. The lowest BCUT2D eigenvalue weighted by atomic mass is 9.95. The quantitative estimate of drug-likeness (QED) is 0.0484. The Morgan fingerprint density at radius 2 is 0.605 bits per heavy atom. The van der Waals surface area contributed by atoms with Crippen LogP contribution in [-0.4, -0.2) is 555 Å². The fourth-order valence-electron chi connectivity index (χ4n) is 16.6. The van der Waals surface area contributed by atoms with E-state index < -0.39 is 416 Å². The largest absolute Gasteiger partial charge is 0.508 e. The third kappa shape index (κ3) is 22.5. The lowest BCUT2D eigenvalue weighted by molar-refractivity contribution is -0.396. The maximum Gasteiger partial charge on any atom is 0.244 e. The van der Waals surface area contributed by atoms with E-state index in [1.807, 2.05) is 0 Å². The number of ether oxygens (including phenoxy) is 19. The van der Waals surface area contributed by atoms with Crippen molar-refractivity contribution in [3.05, 3.63) is 29.8 Å². The summed E-state index contributed by atoms with van der Waals surface area (Å²) in [4.78, 5) is 43.0. The average molecular weight is 1880 g/mol. The van der Waals surface area contributed by atoms with Gasteiger partial charge in [-0.15, -0.1) is 0 Å². The van der Waals surface area contributed by atoms with Crippen molar-refractivity contribution in [1.82, 2.24) is 16.0 Å². The Labute approximate surface area is 728 Å². The van der Waals surface area contributed by atoms with Gasteiger partial charge in [-0.25, -0.2) is 0 Å². The van der Waals surface area contributed by atoms with Crippen molar-refractivity contribution in [2.45, 2.75) is 332 Å². The predicted octanol–water partition coefficient (Wildman–Crippen LogP) is -22.3. The molecular formula is C73H115N3O53. The zero-order valence-corrected chi connectivity index (χ0v) is 67.8. The minimum atomic E-state index is -2.47. The summed E-state index contributed by atoms with van der Waals surface area (Å²) in [7, 11) is 0. The number of phenolic OH excluding ortho intramolecular Hbond substituents is 1. The smallest absolute Gasteiger partial charge is 0.244 e. The molecule has 25 rings (SSSR count). The van der Waals surface area contributed by atoms with Crippen LogP contribution in [0.5, 0.6) is 5.75 Å². The van der Waals surface area contributed by atoms with Crippen molar-refractivity contribution in [3.8, 4) is 5.75 Å². The summed E-state index contributed by atoms with van der Waals surface area (Å²) in [5.74, 6) is -3.73. The number of carbonyl (C=O) groups excluding carboxylic acids is 3. The molecule has 24 heterocycles. The van der Waals surface area contributed by atoms with Gasteiger partial charge in [-0.1, -0.05) is 12.1 Å². The molecule has 56 nitrogen and oxygen atoms in total. The highest BCUT2D eigenvalue weighted by Crippen LogP contribution is 2.41. The maximum atomic E-state index is 14.7. The van der Waals surface area contributed by atoms with Gasteiger partial charge in [0.15, 0.2) is 62.8 Å². The Morgan fingerprint density at radius 1 is 0.302 bits per heavy atom. The van der Waals surface area contributed by atoms with Gasteiger partial charge in [0.1, 0.15) is 256 Å². The molecule has 34 N–H and O–H groups in total. The van der Waals surface area contributed by atoms with Crippen molar-refractivity contribution in [1.29, 1.82) is 0 Å². The zero-order chi connectivity index (χ0) is 93.9. The highest BCUT2D eigenvalue weighted by Gasteiger charge is 2.62. The summed E-state index contributed by atoms with van der Waals surface area (Å²) in [6.45, 7) is -10.8. The molecule has 3 amide bonds. The number of aliphatic hydroxyl groups excluding tert-OH is 30. The molecule has 0 aliphatic carbocycles. The summed E-state index contributed by atoms with van der Waals surface area (Å²) >= 11 is 0. The number of nitrogens with one attached hydrogen (secondary N) is 3. The Kier molecular flexibility index (Phi) is 36.2. The van der Waals surface area contributed by atoms with Crippen LogP contribution >= 0.6 is 0 Å². The van der Waals surface area contributed by atoms with Gasteiger partial charge in [0.05, 0.1) is 59.5 Å². The minimum Gasteiger partial charge on any atom is -0.508 e. The number of aromatic hydroxyl groups is 1. The van der Waals surface area contributed by atoms with E-state index in [0.29, 0.717) is 0 Å². The second-order valence-corrected chi connectivity index (χ2v) is 32.7. The highest BCUT2D eigenvalue weighted by atomic mass is 16.8. The van der Waals surface area contributed by atoms with E-state index in [2.05, 4.69) is 16.0 Å². The van der Waals surface area contributed by atoms with Crippen LogP contribution in [0.15, 0.2) is 24.3 Å². The monoisotopic (exact) mass is 1880 g/mol. The molecule has 0 radical (unpaired) electrons. The number of hydrogen-bond acceptors (Lipinski definition) is 53. The number of rotatable bonds is 23. The van der Waals surface area contributed by atoms with E-state index in [1.54, 1.807) is 0 Å². The maximum absolute atomic E-state index is 14.7. The first kappa shape index (κ1) is 103. The lowest BCUT2D eigenvalue weighted by Gasteiger charge is -2.50. The molecule has 14 bridgehead atoms. The lowest BCUT2D eigenvalue weighted by Crippen LogP contribution is -2.68. The van der Waals surface area contributed by atoms with Crippen LogP contribution in [0.2, 0.25) is 0 Å². The molecule has 24 fully saturated rings. The summed E-state index contributed by atoms with van der Waals surface area (Å²) in [6, 6.07) is 3.22. The van der Waals surface area contributed by atoms with Gasteiger partial charge in [0.25, 0.3) is 0 Å². The molecule has 1 aromatic rings. The highest BCUT2D eigenvalue weighted by molar-refractivity contribution is 5.89. The van der Waals surface area contributed by atoms with Gasteiger partial charge in [-0.2, -0.15) is 0 Å². The summed E-state index contributed by atoms with van der Waals surface area (Å²) in [5.41, 5.74) is 0.215. The van der Waals surface area contributed by atoms with Gasteiger partial charge in [-0.05, 0) is 17.7 Å². The summed E-state index contributed by atoms with van der Waals surface area (Å²) < 4.78 is 110. The topological polar surface area (TPSA) is 890 Å². The number of aliphatic hydroxyl groups is 30. The molecule has 51 atom stereocenters. The fraction of sp³-hybridized carbons (Fsp3) is 0.877. The molecule has 0 saturated carbocycles. The van der Waals surface area contributed by atoms with Crippen LogP contribution in [0.1, 0.15) is 18.4 Å². The number of carbonyl (C=O) groups is 3. The molecule has 0 aromatic heterocycles. The summed E-state index contributed by atoms with van der Waals surface area (Å²) in [5, 5.41) is 351. The van der Waals surface area contributed by atoms with Crippen molar-refractivity contribution in [3.63, 3.8) is 0 Å². The van der Waals surface area contributed by atoms with E-state index in [1.165, 1.54) is 24.3 Å². The van der Waals surface area contributed by atoms with Crippen molar-refractivity contribution < 1.29 is 263 Å². The molecule has 24 saturated heterocycles. The third-order valence-electron chi connectivity index (χ3n) is 24.1. The second kappa shape index (κ2) is 45.2. The minimum absolute atomic E-state index is 0.215. The van der Waals surface area contributed by atoms with Gasteiger partial charge in [0, 0.05) is 25.8 Å². The molecule has 24 aliphatic rings. The molecule has 0 spiro atoms. The van der Waals surface area contributed by atoms with Crippen LogP contribution in [0.3, 0.4) is 0 Å². The Hall–Kier alpha value is -4.53. The van der Waals surface area contributed by atoms with Crippen molar-refractivity contribution in [2.24, 2.45) is 0 Å². The Bertz CT molecular complexity index is 3640. The second-order valence-electron chi connectivity index (χ2n) is 32.7. The van der Waals surface area contributed by atoms with E-state index in [0.717, 1.165) is 0 Å². The first-order valence-corrected chi connectivity index (χ1v) is 41.2. The first-order chi connectivity index (χ1) is 61.3. The van der Waals surface area contributed by atoms with Crippen LogP contribution in [0.25, 0.3) is 0 Å². The number of benzene rings is 1. The van der Waals surface area contributed by atoms with Crippen LogP contribution in [0.4, 0.5) is 0 Å². The normalized spacial score (nSPS) is 48.7. The number of phenols is 1. The molecule has 129 heavy (non-hydrogen) atoms. The van der Waals surface area contributed by atoms with Gasteiger partial charge < -0.3 is 264 Å². The molecule has 24 aliphatic heterocycles. The van der Waals surface area contributed by atoms with E-state index >= 15 is 0 Å². The van der Waals surface area contributed by atoms with Gasteiger partial charge in [-0.3, -0.25) is 14.4 Å². The summed E-state index contributed by atoms with van der Waals surface area (Å²) in [6.07, 6.45) is -108.